The van der Waals surface area contributed by atoms with Crippen LogP contribution in [0.15, 0.2) is 16.7 Å². The van der Waals surface area contributed by atoms with E-state index in [0.717, 1.165) is 55.6 Å². The van der Waals surface area contributed by atoms with Crippen LogP contribution in [0.4, 0.5) is 15.4 Å². The lowest BCUT2D eigenvalue weighted by atomic mass is 9.72. The lowest BCUT2D eigenvalue weighted by molar-refractivity contribution is -0.0525. The van der Waals surface area contributed by atoms with E-state index in [1.54, 1.807) is 6.20 Å². The van der Waals surface area contributed by atoms with Gasteiger partial charge in [-0.15, -0.1) is 0 Å². The van der Waals surface area contributed by atoms with Crippen LogP contribution >= 0.6 is 15.9 Å². The number of aromatic nitrogens is 1. The predicted octanol–water partition coefficient (Wildman–Crippen LogP) is 3.52. The summed E-state index contributed by atoms with van der Waals surface area (Å²) in [5, 5.41) is 2.87. The first-order valence-corrected chi connectivity index (χ1v) is 11.3. The maximum absolute atomic E-state index is 12.4. The van der Waals surface area contributed by atoms with Crippen molar-refractivity contribution in [3.05, 3.63) is 22.3 Å². The Kier molecular flexibility index (Phi) is 5.69. The second-order valence-electron chi connectivity index (χ2n) is 9.69. The second-order valence-corrected chi connectivity index (χ2v) is 10.6. The lowest BCUT2D eigenvalue weighted by Gasteiger charge is -2.54. The fourth-order valence-electron chi connectivity index (χ4n) is 4.48. The van der Waals surface area contributed by atoms with E-state index in [2.05, 4.69) is 31.1 Å². The van der Waals surface area contributed by atoms with Crippen molar-refractivity contribution < 1.29 is 14.3 Å². The van der Waals surface area contributed by atoms with Crippen LogP contribution in [0.25, 0.3) is 0 Å². The Labute approximate surface area is 186 Å². The largest absolute Gasteiger partial charge is 0.444 e. The molecule has 2 fully saturated rings. The molecule has 1 aromatic rings. The zero-order chi connectivity index (χ0) is 21.5. The van der Waals surface area contributed by atoms with Crippen molar-refractivity contribution in [3.63, 3.8) is 0 Å². The van der Waals surface area contributed by atoms with Gasteiger partial charge in [-0.05, 0) is 61.0 Å². The van der Waals surface area contributed by atoms with Crippen LogP contribution in [0.1, 0.15) is 39.2 Å². The zero-order valence-corrected chi connectivity index (χ0v) is 19.5. The first-order chi connectivity index (χ1) is 14.1. The number of anilines is 1. The summed E-state index contributed by atoms with van der Waals surface area (Å²) in [7, 11) is 0. The number of piperidine rings is 1. The minimum Gasteiger partial charge on any atom is -0.444 e. The molecule has 3 aliphatic heterocycles. The van der Waals surface area contributed by atoms with E-state index in [1.807, 2.05) is 36.6 Å². The molecule has 0 aromatic carbocycles. The maximum Gasteiger partial charge on any atom is 0.410 e. The van der Waals surface area contributed by atoms with Gasteiger partial charge < -0.3 is 19.4 Å². The minimum absolute atomic E-state index is 0.0850. The van der Waals surface area contributed by atoms with Gasteiger partial charge in [0.05, 0.1) is 6.54 Å². The van der Waals surface area contributed by atoms with E-state index in [4.69, 9.17) is 4.74 Å². The average molecular weight is 480 g/mol. The van der Waals surface area contributed by atoms with Crippen LogP contribution in [0, 0.1) is 5.41 Å². The first-order valence-electron chi connectivity index (χ1n) is 10.5. The van der Waals surface area contributed by atoms with Crippen LogP contribution in [-0.4, -0.2) is 76.7 Å². The van der Waals surface area contributed by atoms with Crippen molar-refractivity contribution in [2.24, 2.45) is 5.41 Å². The van der Waals surface area contributed by atoms with Gasteiger partial charge in [0.15, 0.2) is 0 Å². The molecule has 1 spiro atoms. The maximum atomic E-state index is 12.4. The molecule has 4 rings (SSSR count). The van der Waals surface area contributed by atoms with Crippen LogP contribution in [0.2, 0.25) is 0 Å². The fourth-order valence-corrected chi connectivity index (χ4v) is 4.86. The van der Waals surface area contributed by atoms with Crippen molar-refractivity contribution in [1.82, 2.24) is 19.7 Å². The van der Waals surface area contributed by atoms with Crippen molar-refractivity contribution in [1.29, 1.82) is 0 Å². The Morgan fingerprint density at radius 1 is 1.27 bits per heavy atom. The minimum atomic E-state index is -0.452. The van der Waals surface area contributed by atoms with Gasteiger partial charge in [-0.25, -0.2) is 14.6 Å². The number of urea groups is 1. The normalized spacial score (nSPS) is 21.1. The highest BCUT2D eigenvalue weighted by atomic mass is 79.9. The molecule has 0 bridgehead atoms. The highest BCUT2D eigenvalue weighted by Gasteiger charge is 2.45. The number of likely N-dealkylation sites (tertiary alicyclic amines) is 2. The molecule has 0 unspecified atom stereocenters. The third kappa shape index (κ3) is 4.72. The Morgan fingerprint density at radius 2 is 1.97 bits per heavy atom. The van der Waals surface area contributed by atoms with Gasteiger partial charge in [-0.1, -0.05) is 0 Å². The van der Waals surface area contributed by atoms with Gasteiger partial charge in [-0.2, -0.15) is 0 Å². The number of nitrogens with zero attached hydrogens (tertiary/aromatic N) is 4. The van der Waals surface area contributed by atoms with Gasteiger partial charge in [0, 0.05) is 55.5 Å². The molecule has 2 saturated heterocycles. The highest BCUT2D eigenvalue weighted by molar-refractivity contribution is 9.10. The SMILES string of the molecule is CC(C)(C)OC(=O)N1CCC2(CC1)CN(CCN1Cc3cc(Br)cnc3NC1=O)C2. The number of hydrogen-bond acceptors (Lipinski definition) is 5. The standard InChI is InChI=1S/C21H30BrN5O3/c1-20(2,3)30-19(29)26-6-4-21(5-7-26)13-25(14-21)8-9-27-12-15-10-16(22)11-23-17(15)24-18(27)28/h10-11H,4-9,12-14H2,1-3H3,(H,23,24,28). The van der Waals surface area contributed by atoms with E-state index in [1.165, 1.54) is 0 Å². The van der Waals surface area contributed by atoms with Crippen LogP contribution in [-0.2, 0) is 11.3 Å². The Hall–Kier alpha value is -1.87. The Morgan fingerprint density at radius 3 is 2.63 bits per heavy atom. The molecule has 3 aliphatic rings. The third-order valence-electron chi connectivity index (χ3n) is 6.09. The summed E-state index contributed by atoms with van der Waals surface area (Å²) in [6.07, 6.45) is 3.52. The Bertz CT molecular complexity index is 824. The molecule has 1 aromatic heterocycles. The number of fused-ring (bicyclic) bond motifs is 1. The summed E-state index contributed by atoms with van der Waals surface area (Å²) in [5.74, 6) is 0.652. The number of ether oxygens (including phenoxy) is 1. The summed E-state index contributed by atoms with van der Waals surface area (Å²) >= 11 is 3.44. The van der Waals surface area contributed by atoms with E-state index in [9.17, 15) is 9.59 Å². The third-order valence-corrected chi connectivity index (χ3v) is 6.52. The summed E-state index contributed by atoms with van der Waals surface area (Å²) in [6, 6.07) is 1.92. The number of halogens is 1. The van der Waals surface area contributed by atoms with E-state index < -0.39 is 5.60 Å². The summed E-state index contributed by atoms with van der Waals surface area (Å²) in [4.78, 5) is 35.0. The van der Waals surface area contributed by atoms with Crippen LogP contribution in [0.3, 0.4) is 0 Å². The van der Waals surface area contributed by atoms with Crippen LogP contribution < -0.4 is 5.32 Å². The highest BCUT2D eigenvalue weighted by Crippen LogP contribution is 2.40. The summed E-state index contributed by atoms with van der Waals surface area (Å²) in [5.41, 5.74) is 0.885. The zero-order valence-electron chi connectivity index (χ0n) is 17.9. The number of carbonyl (C=O) groups excluding carboxylic acids is 2. The number of rotatable bonds is 3. The van der Waals surface area contributed by atoms with Gasteiger partial charge in [0.25, 0.3) is 0 Å². The number of hydrogen-bond donors (Lipinski definition) is 1. The smallest absolute Gasteiger partial charge is 0.410 e. The average Bonchev–Trinajstić information content (AvgIpc) is 2.64. The fraction of sp³-hybridized carbons (Fsp3) is 0.667. The molecular weight excluding hydrogens is 450 g/mol. The van der Waals surface area contributed by atoms with Crippen molar-refractivity contribution >= 4 is 33.9 Å². The Balaban J connectivity index is 1.22. The number of pyridine rings is 1. The van der Waals surface area contributed by atoms with E-state index in [0.29, 0.717) is 24.3 Å². The summed E-state index contributed by atoms with van der Waals surface area (Å²) in [6.45, 7) is 11.4. The van der Waals surface area contributed by atoms with Crippen molar-refractivity contribution in [3.8, 4) is 0 Å². The van der Waals surface area contributed by atoms with Crippen LogP contribution in [0.5, 0.6) is 0 Å². The molecule has 0 radical (unpaired) electrons. The number of nitrogens with one attached hydrogen (secondary N) is 1. The molecule has 0 saturated carbocycles. The topological polar surface area (TPSA) is 78.0 Å². The van der Waals surface area contributed by atoms with E-state index in [-0.39, 0.29) is 12.1 Å². The molecule has 3 amide bonds. The summed E-state index contributed by atoms with van der Waals surface area (Å²) < 4.78 is 6.41. The molecule has 4 heterocycles. The van der Waals surface area contributed by atoms with Gasteiger partial charge >= 0.3 is 12.1 Å². The molecule has 30 heavy (non-hydrogen) atoms. The van der Waals surface area contributed by atoms with Crippen molar-refractivity contribution in [2.45, 2.75) is 45.8 Å². The van der Waals surface area contributed by atoms with Gasteiger partial charge in [0.2, 0.25) is 0 Å². The lowest BCUT2D eigenvalue weighted by Crippen LogP contribution is -2.62. The molecule has 0 aliphatic carbocycles. The number of amides is 3. The quantitative estimate of drug-likeness (QED) is 0.717. The number of carbonyl (C=O) groups is 2. The second kappa shape index (κ2) is 8.00. The monoisotopic (exact) mass is 479 g/mol. The van der Waals surface area contributed by atoms with E-state index >= 15 is 0 Å². The molecule has 164 valence electrons. The van der Waals surface area contributed by atoms with Crippen molar-refractivity contribution in [2.75, 3.05) is 44.6 Å². The molecular formula is C21H30BrN5O3. The molecule has 9 heteroatoms. The van der Waals surface area contributed by atoms with Gasteiger partial charge in [-0.3, -0.25) is 5.32 Å². The molecule has 1 N–H and O–H groups in total. The molecule has 0 atom stereocenters. The van der Waals surface area contributed by atoms with Gasteiger partial charge in [0.1, 0.15) is 11.4 Å². The predicted molar refractivity (Wildman–Crippen MR) is 117 cm³/mol. The molecule has 8 nitrogen and oxygen atoms in total. The first kappa shape index (κ1) is 21.4.